The first kappa shape index (κ1) is 19.9. The average Bonchev–Trinajstić information content (AvgIpc) is 3.33. The third-order valence-corrected chi connectivity index (χ3v) is 7.22. The minimum Gasteiger partial charge on any atom is -0.468 e. The number of carbonyl (C=O) groups is 1. The van der Waals surface area contributed by atoms with Crippen molar-refractivity contribution in [3.63, 3.8) is 0 Å². The van der Waals surface area contributed by atoms with Crippen molar-refractivity contribution in [2.75, 3.05) is 18.8 Å². The number of thioether (sulfide) groups is 1. The molecule has 0 spiro atoms. The normalized spacial score (nSPS) is 17.9. The van der Waals surface area contributed by atoms with Gasteiger partial charge in [-0.05, 0) is 37.1 Å². The second kappa shape index (κ2) is 8.90. The van der Waals surface area contributed by atoms with Crippen LogP contribution in [0.15, 0.2) is 52.0 Å². The fourth-order valence-electron chi connectivity index (χ4n) is 3.00. The summed E-state index contributed by atoms with van der Waals surface area (Å²) in [5.74, 6) is 1.10. The van der Waals surface area contributed by atoms with Gasteiger partial charge in [-0.1, -0.05) is 12.1 Å². The van der Waals surface area contributed by atoms with Gasteiger partial charge in [0, 0.05) is 18.8 Å². The molecule has 2 aromatic rings. The van der Waals surface area contributed by atoms with Crippen molar-refractivity contribution in [3.8, 4) is 0 Å². The number of hydrogen-bond acceptors (Lipinski definition) is 5. The van der Waals surface area contributed by atoms with E-state index in [2.05, 4.69) is 5.32 Å². The number of nitrogens with one attached hydrogen (secondary N) is 1. The van der Waals surface area contributed by atoms with Crippen molar-refractivity contribution in [1.29, 1.82) is 0 Å². The van der Waals surface area contributed by atoms with Gasteiger partial charge in [0.2, 0.25) is 15.9 Å². The van der Waals surface area contributed by atoms with Gasteiger partial charge < -0.3 is 9.73 Å². The number of halogens is 1. The van der Waals surface area contributed by atoms with E-state index in [0.717, 1.165) is 16.1 Å². The second-order valence-electron chi connectivity index (χ2n) is 6.13. The van der Waals surface area contributed by atoms with E-state index in [1.165, 1.54) is 18.2 Å². The molecule has 27 heavy (non-hydrogen) atoms. The number of amides is 1. The van der Waals surface area contributed by atoms with Gasteiger partial charge in [0.1, 0.15) is 22.5 Å². The van der Waals surface area contributed by atoms with Crippen molar-refractivity contribution >= 4 is 27.7 Å². The molecule has 1 unspecified atom stereocenters. The molecule has 1 amide bonds. The quantitative estimate of drug-likeness (QED) is 0.675. The summed E-state index contributed by atoms with van der Waals surface area (Å²) < 4.78 is 45.8. The van der Waals surface area contributed by atoms with E-state index in [-0.39, 0.29) is 12.5 Å². The molecule has 1 aromatic heterocycles. The lowest BCUT2D eigenvalue weighted by Crippen LogP contribution is -2.46. The molecule has 1 aromatic carbocycles. The van der Waals surface area contributed by atoms with Gasteiger partial charge in [-0.2, -0.15) is 16.1 Å². The summed E-state index contributed by atoms with van der Waals surface area (Å²) >= 11 is 1.61. The number of furan rings is 1. The predicted molar refractivity (Wildman–Crippen MR) is 101 cm³/mol. The van der Waals surface area contributed by atoms with Crippen molar-refractivity contribution in [2.24, 2.45) is 0 Å². The Kier molecular flexibility index (Phi) is 6.56. The minimum absolute atomic E-state index is 0.210. The smallest absolute Gasteiger partial charge is 0.246 e. The van der Waals surface area contributed by atoms with E-state index in [1.54, 1.807) is 18.0 Å². The summed E-state index contributed by atoms with van der Waals surface area (Å²) in [6.45, 7) is 0.635. The number of nitrogens with zero attached hydrogens (tertiary/aromatic N) is 1. The van der Waals surface area contributed by atoms with Crippen LogP contribution in [-0.2, 0) is 20.6 Å². The number of rotatable bonds is 8. The number of sulfonamides is 1. The molecule has 146 valence electrons. The Balaban J connectivity index is 1.55. The molecule has 1 fully saturated rings. The zero-order chi connectivity index (χ0) is 19.3. The van der Waals surface area contributed by atoms with Gasteiger partial charge in [-0.25, -0.2) is 12.8 Å². The second-order valence-corrected chi connectivity index (χ2v) is 9.09. The summed E-state index contributed by atoms with van der Waals surface area (Å²) in [5.41, 5.74) is 0. The van der Waals surface area contributed by atoms with Crippen LogP contribution < -0.4 is 5.32 Å². The van der Waals surface area contributed by atoms with E-state index >= 15 is 0 Å². The molecule has 2 heterocycles. The average molecular weight is 413 g/mol. The highest BCUT2D eigenvalue weighted by Crippen LogP contribution is 2.27. The Morgan fingerprint density at radius 3 is 2.85 bits per heavy atom. The highest BCUT2D eigenvalue weighted by Gasteiger charge is 2.40. The van der Waals surface area contributed by atoms with Crippen LogP contribution in [-0.4, -0.2) is 43.5 Å². The van der Waals surface area contributed by atoms with E-state index in [4.69, 9.17) is 4.42 Å². The van der Waals surface area contributed by atoms with Crippen LogP contribution in [0.3, 0.4) is 0 Å². The fourth-order valence-corrected chi connectivity index (χ4v) is 5.48. The predicted octanol–water partition coefficient (Wildman–Crippen LogP) is 2.62. The summed E-state index contributed by atoms with van der Waals surface area (Å²) in [6, 6.07) is 8.14. The molecule has 0 aliphatic carbocycles. The first-order valence-corrected chi connectivity index (χ1v) is 11.2. The van der Waals surface area contributed by atoms with Crippen LogP contribution in [0.1, 0.15) is 18.6 Å². The molecule has 6 nitrogen and oxygen atoms in total. The number of benzene rings is 1. The lowest BCUT2D eigenvalue weighted by Gasteiger charge is -2.23. The van der Waals surface area contributed by atoms with E-state index in [1.807, 2.05) is 12.1 Å². The highest BCUT2D eigenvalue weighted by atomic mass is 32.2. The molecule has 9 heteroatoms. The monoisotopic (exact) mass is 412 g/mol. The third-order valence-electron chi connectivity index (χ3n) is 4.30. The van der Waals surface area contributed by atoms with Gasteiger partial charge in [0.25, 0.3) is 0 Å². The zero-order valence-corrected chi connectivity index (χ0v) is 16.3. The molecule has 0 bridgehead atoms. The van der Waals surface area contributed by atoms with Gasteiger partial charge in [-0.3, -0.25) is 4.79 Å². The lowest BCUT2D eigenvalue weighted by molar-refractivity contribution is -0.124. The Morgan fingerprint density at radius 1 is 1.30 bits per heavy atom. The van der Waals surface area contributed by atoms with Gasteiger partial charge in [0.15, 0.2) is 0 Å². The third kappa shape index (κ3) is 4.72. The fraction of sp³-hybridized carbons (Fsp3) is 0.389. The van der Waals surface area contributed by atoms with Crippen molar-refractivity contribution in [3.05, 3.63) is 54.2 Å². The standard InChI is InChI=1S/C18H21FN2O4S2/c19-15-6-1-2-8-17(15)27(23,24)21-10-3-7-16(21)18(22)20-9-12-26-13-14-5-4-11-25-14/h1-2,4-6,8,11,16H,3,7,9-10,12-13H2,(H,20,22). The Bertz CT molecular complexity index is 871. The Labute approximate surface area is 162 Å². The molecule has 1 saturated heterocycles. The summed E-state index contributed by atoms with van der Waals surface area (Å²) in [7, 11) is -4.05. The van der Waals surface area contributed by atoms with Crippen LogP contribution in [0, 0.1) is 5.82 Å². The molecule has 1 N–H and O–H groups in total. The SMILES string of the molecule is O=C(NCCSCc1ccco1)C1CCCN1S(=O)(=O)c1ccccc1F. The van der Waals surface area contributed by atoms with Crippen molar-refractivity contribution < 1.29 is 22.0 Å². The van der Waals surface area contributed by atoms with Crippen LogP contribution >= 0.6 is 11.8 Å². The molecule has 3 rings (SSSR count). The first-order valence-electron chi connectivity index (χ1n) is 8.64. The van der Waals surface area contributed by atoms with Crippen LogP contribution in [0.5, 0.6) is 0 Å². The molecule has 1 aliphatic heterocycles. The van der Waals surface area contributed by atoms with Gasteiger partial charge in [0.05, 0.1) is 12.0 Å². The topological polar surface area (TPSA) is 79.6 Å². The van der Waals surface area contributed by atoms with E-state index in [0.29, 0.717) is 30.9 Å². The van der Waals surface area contributed by atoms with Gasteiger partial charge in [-0.15, -0.1) is 0 Å². The Hall–Kier alpha value is -1.84. The molecule has 0 saturated carbocycles. The zero-order valence-electron chi connectivity index (χ0n) is 14.6. The van der Waals surface area contributed by atoms with E-state index < -0.39 is 26.8 Å². The molecular formula is C18H21FN2O4S2. The van der Waals surface area contributed by atoms with Crippen molar-refractivity contribution in [1.82, 2.24) is 9.62 Å². The molecule has 1 atom stereocenters. The van der Waals surface area contributed by atoms with Crippen LogP contribution in [0.4, 0.5) is 4.39 Å². The maximum Gasteiger partial charge on any atom is 0.246 e. The summed E-state index contributed by atoms with van der Waals surface area (Å²) in [6.07, 6.45) is 2.61. The Morgan fingerprint density at radius 2 is 2.11 bits per heavy atom. The van der Waals surface area contributed by atoms with Crippen molar-refractivity contribution in [2.45, 2.75) is 29.5 Å². The molecule has 1 aliphatic rings. The van der Waals surface area contributed by atoms with Crippen LogP contribution in [0.25, 0.3) is 0 Å². The first-order chi connectivity index (χ1) is 13.0. The van der Waals surface area contributed by atoms with E-state index in [9.17, 15) is 17.6 Å². The summed E-state index contributed by atoms with van der Waals surface area (Å²) in [4.78, 5) is 12.1. The minimum atomic E-state index is -4.05. The van der Waals surface area contributed by atoms with Crippen LogP contribution in [0.2, 0.25) is 0 Å². The maximum absolute atomic E-state index is 14.0. The largest absolute Gasteiger partial charge is 0.468 e. The lowest BCUT2D eigenvalue weighted by atomic mass is 10.2. The van der Waals surface area contributed by atoms with Gasteiger partial charge >= 0.3 is 0 Å². The summed E-state index contributed by atoms with van der Waals surface area (Å²) in [5, 5.41) is 2.78. The number of hydrogen-bond donors (Lipinski definition) is 1. The molecular weight excluding hydrogens is 391 g/mol. The number of carbonyl (C=O) groups excluding carboxylic acids is 1. The molecule has 0 radical (unpaired) electrons. The highest BCUT2D eigenvalue weighted by molar-refractivity contribution is 7.98. The maximum atomic E-state index is 14.0.